The molecule has 0 spiro atoms. The fourth-order valence-electron chi connectivity index (χ4n) is 3.41. The van der Waals surface area contributed by atoms with Crippen molar-refractivity contribution in [1.82, 2.24) is 0 Å². The second kappa shape index (κ2) is 7.57. The molecular weight excluding hydrogens is 295 g/mol. The lowest BCUT2D eigenvalue weighted by molar-refractivity contribution is 0.598. The normalized spacial score (nSPS) is 11.9. The second-order valence-corrected chi connectivity index (χ2v) is 7.06. The third-order valence-electron chi connectivity index (χ3n) is 4.55. The molecule has 0 aliphatic rings. The smallest absolute Gasteiger partial charge is 0.0454 e. The third kappa shape index (κ3) is 3.23. The Hall–Kier alpha value is -1.91. The SMILES string of the molecule is CPCCC(c1ccccc1)(c1ccccc1)c1ccccc1. The first-order chi connectivity index (χ1) is 11.4. The molecule has 3 rings (SSSR count). The molecule has 0 amide bonds. The van der Waals surface area contributed by atoms with Crippen LogP contribution in [0.1, 0.15) is 23.1 Å². The molecule has 0 fully saturated rings. The van der Waals surface area contributed by atoms with Crippen molar-refractivity contribution in [2.45, 2.75) is 11.8 Å². The molecular formula is C22H23P. The van der Waals surface area contributed by atoms with Gasteiger partial charge in [0.25, 0.3) is 0 Å². The van der Waals surface area contributed by atoms with E-state index in [0.29, 0.717) is 0 Å². The molecule has 1 atom stereocenters. The average molecular weight is 318 g/mol. The van der Waals surface area contributed by atoms with Crippen LogP contribution in [0.2, 0.25) is 0 Å². The molecule has 0 saturated heterocycles. The van der Waals surface area contributed by atoms with Crippen LogP contribution >= 0.6 is 8.58 Å². The lowest BCUT2D eigenvalue weighted by Gasteiger charge is -2.36. The van der Waals surface area contributed by atoms with Crippen LogP contribution in [0.3, 0.4) is 0 Å². The zero-order valence-electron chi connectivity index (χ0n) is 13.6. The van der Waals surface area contributed by atoms with E-state index in [1.807, 2.05) is 0 Å². The Balaban J connectivity index is 2.25. The van der Waals surface area contributed by atoms with Gasteiger partial charge >= 0.3 is 0 Å². The zero-order valence-corrected chi connectivity index (χ0v) is 14.6. The van der Waals surface area contributed by atoms with Crippen LogP contribution in [0.25, 0.3) is 0 Å². The van der Waals surface area contributed by atoms with Gasteiger partial charge in [-0.25, -0.2) is 0 Å². The predicted molar refractivity (Wildman–Crippen MR) is 103 cm³/mol. The Bertz CT molecular complexity index is 608. The highest BCUT2D eigenvalue weighted by Crippen LogP contribution is 2.43. The third-order valence-corrected chi connectivity index (χ3v) is 5.30. The molecule has 3 aromatic rings. The minimum Gasteiger partial charge on any atom is -0.125 e. The van der Waals surface area contributed by atoms with E-state index in [1.54, 1.807) is 0 Å². The molecule has 1 unspecified atom stereocenters. The van der Waals surface area contributed by atoms with E-state index in [9.17, 15) is 0 Å². The molecule has 1 heteroatoms. The second-order valence-electron chi connectivity index (χ2n) is 5.86. The van der Waals surface area contributed by atoms with Crippen LogP contribution in [-0.4, -0.2) is 12.8 Å². The summed E-state index contributed by atoms with van der Waals surface area (Å²) in [6.07, 6.45) is 2.37. The maximum Gasteiger partial charge on any atom is 0.0454 e. The Morgan fingerprint density at radius 3 is 1.26 bits per heavy atom. The summed E-state index contributed by atoms with van der Waals surface area (Å²) in [7, 11) is 0.966. The largest absolute Gasteiger partial charge is 0.125 e. The molecule has 0 nitrogen and oxygen atoms in total. The van der Waals surface area contributed by atoms with E-state index in [2.05, 4.69) is 97.7 Å². The Kier molecular flexibility index (Phi) is 5.26. The minimum absolute atomic E-state index is 0.0627. The van der Waals surface area contributed by atoms with Crippen molar-refractivity contribution >= 4 is 8.58 Å². The van der Waals surface area contributed by atoms with Crippen LogP contribution in [0, 0.1) is 0 Å². The molecule has 0 aliphatic carbocycles. The first kappa shape index (κ1) is 16.0. The van der Waals surface area contributed by atoms with Crippen molar-refractivity contribution in [3.05, 3.63) is 108 Å². The topological polar surface area (TPSA) is 0 Å². The van der Waals surface area contributed by atoms with Crippen molar-refractivity contribution in [2.75, 3.05) is 12.8 Å². The predicted octanol–water partition coefficient (Wildman–Crippen LogP) is 5.72. The van der Waals surface area contributed by atoms with Gasteiger partial charge in [0.05, 0.1) is 0 Å². The van der Waals surface area contributed by atoms with Crippen LogP contribution in [0.4, 0.5) is 0 Å². The molecule has 116 valence electrons. The first-order valence-corrected chi connectivity index (χ1v) is 9.90. The summed E-state index contributed by atoms with van der Waals surface area (Å²) in [5.41, 5.74) is 4.09. The van der Waals surface area contributed by atoms with Crippen LogP contribution in [-0.2, 0) is 5.41 Å². The Morgan fingerprint density at radius 1 is 0.609 bits per heavy atom. The number of hydrogen-bond donors (Lipinski definition) is 0. The van der Waals surface area contributed by atoms with Crippen LogP contribution in [0.5, 0.6) is 0 Å². The van der Waals surface area contributed by atoms with E-state index in [0.717, 1.165) is 15.0 Å². The highest BCUT2D eigenvalue weighted by Gasteiger charge is 2.35. The molecule has 3 aromatic carbocycles. The molecule has 0 bridgehead atoms. The zero-order chi connectivity index (χ0) is 16.0. The molecule has 0 N–H and O–H groups in total. The fourth-order valence-corrected chi connectivity index (χ4v) is 4.04. The van der Waals surface area contributed by atoms with E-state index < -0.39 is 0 Å². The van der Waals surface area contributed by atoms with Gasteiger partial charge in [-0.2, -0.15) is 0 Å². The fraction of sp³-hybridized carbons (Fsp3) is 0.182. The summed E-state index contributed by atoms with van der Waals surface area (Å²) < 4.78 is 0. The summed E-state index contributed by atoms with van der Waals surface area (Å²) in [5, 5.41) is 0. The highest BCUT2D eigenvalue weighted by molar-refractivity contribution is 7.36. The maximum absolute atomic E-state index is 2.30. The molecule has 0 aromatic heterocycles. The minimum atomic E-state index is -0.0627. The molecule has 0 heterocycles. The number of benzene rings is 3. The van der Waals surface area contributed by atoms with E-state index >= 15 is 0 Å². The van der Waals surface area contributed by atoms with Gasteiger partial charge < -0.3 is 0 Å². The van der Waals surface area contributed by atoms with Gasteiger partial charge in [0, 0.05) is 5.41 Å². The van der Waals surface area contributed by atoms with Crippen molar-refractivity contribution in [2.24, 2.45) is 0 Å². The van der Waals surface area contributed by atoms with Crippen LogP contribution < -0.4 is 0 Å². The molecule has 0 radical (unpaired) electrons. The summed E-state index contributed by atoms with van der Waals surface area (Å²) in [5.74, 6) is 0. The quantitative estimate of drug-likeness (QED) is 0.403. The molecule has 23 heavy (non-hydrogen) atoms. The van der Waals surface area contributed by atoms with E-state index in [-0.39, 0.29) is 5.41 Å². The summed E-state index contributed by atoms with van der Waals surface area (Å²) >= 11 is 0. The monoisotopic (exact) mass is 318 g/mol. The number of hydrogen-bond acceptors (Lipinski definition) is 0. The first-order valence-electron chi connectivity index (χ1n) is 8.19. The van der Waals surface area contributed by atoms with Crippen LogP contribution in [0.15, 0.2) is 91.0 Å². The number of rotatable bonds is 6. The van der Waals surface area contributed by atoms with Crippen molar-refractivity contribution in [3.63, 3.8) is 0 Å². The summed E-state index contributed by atoms with van der Waals surface area (Å²) in [6, 6.07) is 32.9. The molecule has 0 aliphatic heterocycles. The van der Waals surface area contributed by atoms with Crippen molar-refractivity contribution in [3.8, 4) is 0 Å². The molecule has 0 saturated carbocycles. The van der Waals surface area contributed by atoms with Gasteiger partial charge in [-0.05, 0) is 35.9 Å². The lowest BCUT2D eigenvalue weighted by atomic mass is 9.68. The standard InChI is InChI=1S/C22H23P/c1-23-18-17-22(19-11-5-2-6-12-19,20-13-7-3-8-14-20)21-15-9-4-10-16-21/h2-16,23H,17-18H2,1H3. The lowest BCUT2D eigenvalue weighted by Crippen LogP contribution is -2.30. The van der Waals surface area contributed by atoms with Gasteiger partial charge in [0.15, 0.2) is 0 Å². The summed E-state index contributed by atoms with van der Waals surface area (Å²) in [6.45, 7) is 2.30. The van der Waals surface area contributed by atoms with E-state index in [4.69, 9.17) is 0 Å². The summed E-state index contributed by atoms with van der Waals surface area (Å²) in [4.78, 5) is 0. The van der Waals surface area contributed by atoms with Gasteiger partial charge in [-0.1, -0.05) is 91.0 Å². The Labute approximate surface area is 141 Å². The van der Waals surface area contributed by atoms with Gasteiger partial charge in [-0.15, -0.1) is 8.58 Å². The highest BCUT2D eigenvalue weighted by atomic mass is 31.1. The average Bonchev–Trinajstić information content (AvgIpc) is 2.65. The van der Waals surface area contributed by atoms with Crippen molar-refractivity contribution < 1.29 is 0 Å². The van der Waals surface area contributed by atoms with E-state index in [1.165, 1.54) is 22.9 Å². The van der Waals surface area contributed by atoms with Gasteiger partial charge in [0.1, 0.15) is 0 Å². The van der Waals surface area contributed by atoms with Gasteiger partial charge in [0.2, 0.25) is 0 Å². The van der Waals surface area contributed by atoms with Gasteiger partial charge in [-0.3, -0.25) is 0 Å². The maximum atomic E-state index is 2.30. The van der Waals surface area contributed by atoms with Crippen molar-refractivity contribution in [1.29, 1.82) is 0 Å². The Morgan fingerprint density at radius 2 is 0.957 bits per heavy atom.